The predicted octanol–water partition coefficient (Wildman–Crippen LogP) is -0.231. The van der Waals surface area contributed by atoms with Crippen molar-refractivity contribution in [2.24, 2.45) is 0 Å². The molecule has 2 N–H and O–H groups in total. The molecule has 0 atom stereocenters. The van der Waals surface area contributed by atoms with E-state index >= 15 is 0 Å². The molecule has 0 unspecified atom stereocenters. The summed E-state index contributed by atoms with van der Waals surface area (Å²) in [6, 6.07) is 0. The van der Waals surface area contributed by atoms with Gasteiger partial charge >= 0.3 is 0 Å². The molecule has 1 aromatic heterocycles. The molecular formula is C2H4N4O3S. The van der Waals surface area contributed by atoms with Gasteiger partial charge in [0, 0.05) is 12.0 Å². The van der Waals surface area contributed by atoms with Gasteiger partial charge in [-0.3, -0.25) is 0 Å². The van der Waals surface area contributed by atoms with Crippen molar-refractivity contribution < 1.29 is 14.6 Å². The number of nitrogens with one attached hydrogen (secondary N) is 1. The summed E-state index contributed by atoms with van der Waals surface area (Å²) in [6.07, 6.45) is 0. The maximum Gasteiger partial charge on any atom is 0.160 e. The first-order chi connectivity index (χ1) is 4.93. The molecule has 0 fully saturated rings. The first-order valence-corrected chi connectivity index (χ1v) is 3.17. The molecule has 0 aliphatic heterocycles. The van der Waals surface area contributed by atoms with Gasteiger partial charge in [-0.25, -0.2) is 10.4 Å². The molecule has 56 valence electrons. The summed E-state index contributed by atoms with van der Waals surface area (Å²) < 4.78 is 4.06. The third kappa shape index (κ3) is 2.27. The highest BCUT2D eigenvalue weighted by atomic mass is 32.2. The summed E-state index contributed by atoms with van der Waals surface area (Å²) in [5, 5.41) is 23.6. The molecule has 10 heavy (non-hydrogen) atoms. The largest absolute Gasteiger partial charge is 0.242 e. The lowest BCUT2D eigenvalue weighted by Gasteiger charge is -1.90. The van der Waals surface area contributed by atoms with Crippen LogP contribution in [-0.4, -0.2) is 25.9 Å². The Morgan fingerprint density at radius 2 is 2.60 bits per heavy atom. The van der Waals surface area contributed by atoms with E-state index in [1.165, 1.54) is 0 Å². The number of hydrogen-bond acceptors (Lipinski definition) is 7. The molecule has 1 aromatic rings. The van der Waals surface area contributed by atoms with Gasteiger partial charge in [0.25, 0.3) is 0 Å². The maximum atomic E-state index is 7.69. The summed E-state index contributed by atoms with van der Waals surface area (Å²) in [5.41, 5.74) is 0. The third-order valence-electron chi connectivity index (χ3n) is 0.663. The summed E-state index contributed by atoms with van der Waals surface area (Å²) in [4.78, 5) is 0. The number of hydrogen-bond donors (Lipinski definition) is 2. The molecule has 0 aliphatic rings. The van der Waals surface area contributed by atoms with Gasteiger partial charge in [0.05, 0.1) is 5.75 Å². The normalized spacial score (nSPS) is 10.1. The zero-order chi connectivity index (χ0) is 7.23. The Bertz CT molecular complexity index is 167. The van der Waals surface area contributed by atoms with Crippen LogP contribution in [0.1, 0.15) is 5.82 Å². The summed E-state index contributed by atoms with van der Waals surface area (Å²) in [6.45, 7) is 0. The highest BCUT2D eigenvalue weighted by molar-refractivity contribution is 7.93. The molecule has 0 saturated heterocycles. The van der Waals surface area contributed by atoms with Gasteiger partial charge in [-0.15, -0.1) is 9.43 Å². The highest BCUT2D eigenvalue weighted by Crippen LogP contribution is 2.06. The Balaban J connectivity index is 2.15. The van der Waals surface area contributed by atoms with Crippen LogP contribution in [0.5, 0.6) is 0 Å². The Kier molecular flexibility index (Phi) is 3.09. The second kappa shape index (κ2) is 4.17. The molecule has 0 saturated carbocycles. The fraction of sp³-hybridized carbons (Fsp3) is 0.500. The molecule has 0 bridgehead atoms. The van der Waals surface area contributed by atoms with Gasteiger partial charge in [0.2, 0.25) is 0 Å². The van der Waals surface area contributed by atoms with Crippen molar-refractivity contribution in [3.8, 4) is 0 Å². The standard InChI is InChI=1S/C2H4N4O3S/c7-8-9-10-1-2-3-5-6-4-2/h7H,1H2,(H,3,4,5,6). The lowest BCUT2D eigenvalue weighted by molar-refractivity contribution is -0.432. The average molecular weight is 164 g/mol. The van der Waals surface area contributed by atoms with Crippen molar-refractivity contribution in [1.29, 1.82) is 0 Å². The van der Waals surface area contributed by atoms with Crippen molar-refractivity contribution in [2.75, 3.05) is 0 Å². The van der Waals surface area contributed by atoms with E-state index in [4.69, 9.17) is 5.26 Å². The van der Waals surface area contributed by atoms with Crippen LogP contribution in [0.15, 0.2) is 0 Å². The van der Waals surface area contributed by atoms with Crippen LogP contribution in [-0.2, 0) is 15.1 Å². The van der Waals surface area contributed by atoms with Crippen molar-refractivity contribution >= 4 is 12.0 Å². The summed E-state index contributed by atoms with van der Waals surface area (Å²) >= 11 is 0.865. The highest BCUT2D eigenvalue weighted by Gasteiger charge is 1.96. The summed E-state index contributed by atoms with van der Waals surface area (Å²) in [5.74, 6) is 0.926. The van der Waals surface area contributed by atoms with E-state index < -0.39 is 0 Å². The fourth-order valence-electron chi connectivity index (χ4n) is 0.341. The average Bonchev–Trinajstić information content (AvgIpc) is 2.41. The fourth-order valence-corrected chi connectivity index (χ4v) is 0.666. The molecule has 7 nitrogen and oxygen atoms in total. The predicted molar refractivity (Wildman–Crippen MR) is 30.3 cm³/mol. The molecule has 0 radical (unpaired) electrons. The van der Waals surface area contributed by atoms with Crippen molar-refractivity contribution in [3.63, 3.8) is 0 Å². The molecule has 1 rings (SSSR count). The Hall–Kier alpha value is -0.700. The molecule has 0 aliphatic carbocycles. The van der Waals surface area contributed by atoms with Gasteiger partial charge in [0.1, 0.15) is 0 Å². The lowest BCUT2D eigenvalue weighted by atomic mass is 10.8. The quantitative estimate of drug-likeness (QED) is 0.274. The SMILES string of the molecule is OOOSCc1nnn[nH]1. The van der Waals surface area contributed by atoms with Crippen LogP contribution >= 0.6 is 12.0 Å². The van der Waals surface area contributed by atoms with E-state index in [1.807, 2.05) is 0 Å². The molecule has 0 spiro atoms. The molecule has 8 heteroatoms. The van der Waals surface area contributed by atoms with Crippen molar-refractivity contribution in [3.05, 3.63) is 5.82 Å². The van der Waals surface area contributed by atoms with Gasteiger partial charge in [-0.1, -0.05) is 5.04 Å². The van der Waals surface area contributed by atoms with Crippen molar-refractivity contribution in [1.82, 2.24) is 20.6 Å². The van der Waals surface area contributed by atoms with Gasteiger partial charge in [-0.05, 0) is 10.4 Å². The first-order valence-electron chi connectivity index (χ1n) is 2.26. The lowest BCUT2D eigenvalue weighted by Crippen LogP contribution is -1.85. The van der Waals surface area contributed by atoms with E-state index in [-0.39, 0.29) is 0 Å². The van der Waals surface area contributed by atoms with E-state index in [9.17, 15) is 0 Å². The smallest absolute Gasteiger partial charge is 0.160 e. The minimum Gasteiger partial charge on any atom is -0.242 e. The topological polar surface area (TPSA) is 93.2 Å². The number of aromatic nitrogens is 4. The number of rotatable bonds is 4. The first kappa shape index (κ1) is 7.41. The minimum absolute atomic E-state index is 0.382. The van der Waals surface area contributed by atoms with E-state index in [1.54, 1.807) is 0 Å². The van der Waals surface area contributed by atoms with Crippen LogP contribution in [0.4, 0.5) is 0 Å². The number of tetrazole rings is 1. The van der Waals surface area contributed by atoms with Gasteiger partial charge < -0.3 is 0 Å². The molecule has 1 heterocycles. The van der Waals surface area contributed by atoms with Crippen LogP contribution in [0, 0.1) is 0 Å². The van der Waals surface area contributed by atoms with Crippen LogP contribution in [0.25, 0.3) is 0 Å². The number of H-pyrrole nitrogens is 1. The van der Waals surface area contributed by atoms with Crippen LogP contribution in [0.3, 0.4) is 0 Å². The molecular weight excluding hydrogens is 160 g/mol. The zero-order valence-corrected chi connectivity index (χ0v) is 5.54. The van der Waals surface area contributed by atoms with Crippen molar-refractivity contribution in [2.45, 2.75) is 5.75 Å². The van der Waals surface area contributed by atoms with Crippen LogP contribution < -0.4 is 0 Å². The van der Waals surface area contributed by atoms with E-state index in [2.05, 4.69) is 30.0 Å². The zero-order valence-electron chi connectivity index (χ0n) is 4.72. The van der Waals surface area contributed by atoms with E-state index in [0.717, 1.165) is 12.0 Å². The Morgan fingerprint density at radius 1 is 1.70 bits per heavy atom. The minimum atomic E-state index is 0.382. The molecule has 0 amide bonds. The van der Waals surface area contributed by atoms with Crippen LogP contribution in [0.2, 0.25) is 0 Å². The second-order valence-corrected chi connectivity index (χ2v) is 1.91. The second-order valence-electron chi connectivity index (χ2n) is 1.25. The number of nitrogens with zero attached hydrogens (tertiary/aromatic N) is 3. The number of aromatic amines is 1. The third-order valence-corrected chi connectivity index (χ3v) is 1.21. The monoisotopic (exact) mass is 164 g/mol. The maximum absolute atomic E-state index is 7.69. The Labute approximate surface area is 59.8 Å². The Morgan fingerprint density at radius 3 is 3.20 bits per heavy atom. The van der Waals surface area contributed by atoms with Gasteiger partial charge in [0.15, 0.2) is 5.82 Å². The van der Waals surface area contributed by atoms with E-state index in [0.29, 0.717) is 11.6 Å². The summed E-state index contributed by atoms with van der Waals surface area (Å²) in [7, 11) is 0. The van der Waals surface area contributed by atoms with Gasteiger partial charge in [-0.2, -0.15) is 0 Å². The molecule has 0 aromatic carbocycles.